The van der Waals surface area contributed by atoms with Crippen LogP contribution in [0.4, 0.5) is 0 Å². The Morgan fingerprint density at radius 1 is 1.43 bits per heavy atom. The normalized spacial score (nSPS) is 27.4. The molecule has 0 spiro atoms. The molecule has 3 rings (SSSR count). The molecule has 0 unspecified atom stereocenters. The van der Waals surface area contributed by atoms with Crippen LogP contribution in [0.1, 0.15) is 29.8 Å². The Balaban J connectivity index is 1.47. The highest BCUT2D eigenvalue weighted by atomic mass is 16.5. The average Bonchev–Trinajstić information content (AvgIpc) is 3.19. The molecule has 2 fully saturated rings. The summed E-state index contributed by atoms with van der Waals surface area (Å²) in [7, 11) is 4.08. The Morgan fingerprint density at radius 3 is 3.04 bits per heavy atom. The van der Waals surface area contributed by atoms with Gasteiger partial charge in [-0.25, -0.2) is 0 Å². The molecule has 2 aliphatic rings. The molecule has 6 nitrogen and oxygen atoms in total. The smallest absolute Gasteiger partial charge is 0.270 e. The summed E-state index contributed by atoms with van der Waals surface area (Å²) in [6.07, 6.45) is 4.99. The molecule has 0 aliphatic carbocycles. The van der Waals surface area contributed by atoms with Gasteiger partial charge >= 0.3 is 0 Å². The first-order chi connectivity index (χ1) is 11.1. The fourth-order valence-electron chi connectivity index (χ4n) is 3.45. The molecule has 2 saturated heterocycles. The van der Waals surface area contributed by atoms with Crippen molar-refractivity contribution in [3.63, 3.8) is 0 Å². The van der Waals surface area contributed by atoms with Crippen LogP contribution < -0.4 is 0 Å². The number of fused-ring (bicyclic) bond motifs is 1. The van der Waals surface area contributed by atoms with Crippen molar-refractivity contribution in [1.82, 2.24) is 14.8 Å². The summed E-state index contributed by atoms with van der Waals surface area (Å²) < 4.78 is 11.9. The molecule has 6 heteroatoms. The van der Waals surface area contributed by atoms with E-state index < -0.39 is 0 Å². The molecule has 128 valence electrons. The molecule has 0 saturated carbocycles. The number of nitrogens with zero attached hydrogens (tertiary/aromatic N) is 2. The quantitative estimate of drug-likeness (QED) is 0.804. The van der Waals surface area contributed by atoms with Crippen molar-refractivity contribution >= 4 is 5.91 Å². The van der Waals surface area contributed by atoms with E-state index in [0.717, 1.165) is 39.0 Å². The Hall–Kier alpha value is -1.37. The highest BCUT2D eigenvalue weighted by molar-refractivity contribution is 5.92. The van der Waals surface area contributed by atoms with Gasteiger partial charge in [0, 0.05) is 19.3 Å². The summed E-state index contributed by atoms with van der Waals surface area (Å²) in [4.78, 5) is 19.6. The minimum absolute atomic E-state index is 0.0896. The number of likely N-dealkylation sites (tertiary alicyclic amines) is 1. The highest BCUT2D eigenvalue weighted by Crippen LogP contribution is 2.32. The maximum atomic E-state index is 12.5. The van der Waals surface area contributed by atoms with Crippen molar-refractivity contribution in [2.24, 2.45) is 0 Å². The number of likely N-dealkylation sites (N-methyl/N-ethyl adjacent to an activating group) is 1. The molecule has 2 aliphatic heterocycles. The largest absolute Gasteiger partial charge is 0.377 e. The zero-order valence-corrected chi connectivity index (χ0v) is 14.0. The monoisotopic (exact) mass is 321 g/mol. The second-order valence-corrected chi connectivity index (χ2v) is 6.69. The van der Waals surface area contributed by atoms with Gasteiger partial charge in [-0.05, 0) is 45.5 Å². The van der Waals surface area contributed by atoms with Gasteiger partial charge in [-0.2, -0.15) is 0 Å². The lowest BCUT2D eigenvalue weighted by atomic mass is 9.99. The van der Waals surface area contributed by atoms with Gasteiger partial charge in [0.15, 0.2) is 0 Å². The third-order valence-corrected chi connectivity index (χ3v) is 4.71. The molecule has 1 N–H and O–H groups in total. The lowest BCUT2D eigenvalue weighted by Gasteiger charge is -2.35. The molecule has 0 bridgehead atoms. The zero-order valence-electron chi connectivity index (χ0n) is 14.0. The maximum Gasteiger partial charge on any atom is 0.270 e. The molecule has 0 radical (unpaired) electrons. The fourth-order valence-corrected chi connectivity index (χ4v) is 3.45. The van der Waals surface area contributed by atoms with Crippen molar-refractivity contribution in [2.75, 3.05) is 40.4 Å². The summed E-state index contributed by atoms with van der Waals surface area (Å²) in [5, 5.41) is 0. The van der Waals surface area contributed by atoms with E-state index in [9.17, 15) is 4.79 Å². The SMILES string of the molecule is CN(C)CCOC[C@@H]1CC[C@H]2[C@H](CCN2C(=O)c2ccc[nH]2)O1. The van der Waals surface area contributed by atoms with E-state index in [4.69, 9.17) is 9.47 Å². The van der Waals surface area contributed by atoms with Crippen molar-refractivity contribution in [2.45, 2.75) is 37.5 Å². The van der Waals surface area contributed by atoms with Crippen LogP contribution in [0.25, 0.3) is 0 Å². The second-order valence-electron chi connectivity index (χ2n) is 6.69. The van der Waals surface area contributed by atoms with Crippen LogP contribution in [0.15, 0.2) is 18.3 Å². The summed E-state index contributed by atoms with van der Waals surface area (Å²) in [5.74, 6) is 0.0896. The van der Waals surface area contributed by atoms with E-state index in [1.165, 1.54) is 0 Å². The Labute approximate surface area is 137 Å². The number of ether oxygens (including phenoxy) is 2. The van der Waals surface area contributed by atoms with Crippen LogP contribution in [-0.2, 0) is 9.47 Å². The second kappa shape index (κ2) is 7.47. The predicted octanol–water partition coefficient (Wildman–Crippen LogP) is 1.35. The van der Waals surface area contributed by atoms with Gasteiger partial charge in [0.1, 0.15) is 5.69 Å². The standard InChI is InChI=1S/C17H27N3O3/c1-19(2)10-11-22-12-13-5-6-15-16(23-13)7-9-20(15)17(21)14-4-3-8-18-14/h3-4,8,13,15-16,18H,5-7,9-12H2,1-2H3/t13-,15-,16-/m0/s1. The van der Waals surface area contributed by atoms with Gasteiger partial charge in [0.2, 0.25) is 0 Å². The third-order valence-electron chi connectivity index (χ3n) is 4.71. The van der Waals surface area contributed by atoms with E-state index in [1.807, 2.05) is 31.1 Å². The van der Waals surface area contributed by atoms with Crippen LogP contribution in [-0.4, -0.2) is 79.3 Å². The minimum Gasteiger partial charge on any atom is -0.377 e. The minimum atomic E-state index is 0.0896. The van der Waals surface area contributed by atoms with Crippen molar-refractivity contribution in [1.29, 1.82) is 0 Å². The molecule has 1 aromatic rings. The number of H-pyrrole nitrogens is 1. The van der Waals surface area contributed by atoms with Crippen LogP contribution in [0.2, 0.25) is 0 Å². The molecule has 23 heavy (non-hydrogen) atoms. The number of carbonyl (C=O) groups excluding carboxylic acids is 1. The third kappa shape index (κ3) is 3.94. The summed E-state index contributed by atoms with van der Waals surface area (Å²) >= 11 is 0. The first-order valence-electron chi connectivity index (χ1n) is 8.47. The van der Waals surface area contributed by atoms with Crippen molar-refractivity contribution in [3.8, 4) is 0 Å². The van der Waals surface area contributed by atoms with E-state index in [-0.39, 0.29) is 24.2 Å². The average molecular weight is 321 g/mol. The summed E-state index contributed by atoms with van der Waals surface area (Å²) in [5.41, 5.74) is 0.666. The van der Waals surface area contributed by atoms with Crippen LogP contribution in [0.3, 0.4) is 0 Å². The van der Waals surface area contributed by atoms with Crippen molar-refractivity contribution in [3.05, 3.63) is 24.0 Å². The Kier molecular flexibility index (Phi) is 5.35. The van der Waals surface area contributed by atoms with Crippen LogP contribution >= 0.6 is 0 Å². The van der Waals surface area contributed by atoms with E-state index in [1.54, 1.807) is 6.20 Å². The summed E-state index contributed by atoms with van der Waals surface area (Å²) in [6.45, 7) is 3.10. The number of rotatable bonds is 6. The van der Waals surface area contributed by atoms with E-state index in [0.29, 0.717) is 12.3 Å². The number of hydrogen-bond acceptors (Lipinski definition) is 4. The molecular formula is C17H27N3O3. The van der Waals surface area contributed by atoms with Crippen LogP contribution in [0, 0.1) is 0 Å². The lowest BCUT2D eigenvalue weighted by Crippen LogP contribution is -2.46. The molecule has 1 amide bonds. The lowest BCUT2D eigenvalue weighted by molar-refractivity contribution is -0.0970. The van der Waals surface area contributed by atoms with Gasteiger partial charge in [0.05, 0.1) is 31.5 Å². The predicted molar refractivity (Wildman–Crippen MR) is 87.5 cm³/mol. The number of aromatic amines is 1. The van der Waals surface area contributed by atoms with Gasteiger partial charge in [-0.3, -0.25) is 4.79 Å². The number of amides is 1. The van der Waals surface area contributed by atoms with Gasteiger partial charge < -0.3 is 24.3 Å². The fraction of sp³-hybridized carbons (Fsp3) is 0.706. The van der Waals surface area contributed by atoms with Gasteiger partial charge in [-0.15, -0.1) is 0 Å². The molecular weight excluding hydrogens is 294 g/mol. The number of aromatic nitrogens is 1. The zero-order chi connectivity index (χ0) is 16.2. The molecule has 1 aromatic heterocycles. The topological polar surface area (TPSA) is 57.8 Å². The van der Waals surface area contributed by atoms with Gasteiger partial charge in [-0.1, -0.05) is 0 Å². The molecule has 3 atom stereocenters. The van der Waals surface area contributed by atoms with Gasteiger partial charge in [0.25, 0.3) is 5.91 Å². The Bertz CT molecular complexity index is 503. The van der Waals surface area contributed by atoms with Crippen LogP contribution in [0.5, 0.6) is 0 Å². The molecule has 3 heterocycles. The van der Waals surface area contributed by atoms with Crippen molar-refractivity contribution < 1.29 is 14.3 Å². The number of hydrogen-bond donors (Lipinski definition) is 1. The van der Waals surface area contributed by atoms with E-state index in [2.05, 4.69) is 9.88 Å². The molecule has 0 aromatic carbocycles. The Morgan fingerprint density at radius 2 is 2.30 bits per heavy atom. The highest BCUT2D eigenvalue weighted by Gasteiger charge is 2.42. The first kappa shape index (κ1) is 16.5. The number of nitrogens with one attached hydrogen (secondary N) is 1. The number of carbonyl (C=O) groups is 1. The maximum absolute atomic E-state index is 12.5. The summed E-state index contributed by atoms with van der Waals surface area (Å²) in [6, 6.07) is 3.91. The first-order valence-corrected chi connectivity index (χ1v) is 8.47. The van der Waals surface area contributed by atoms with E-state index >= 15 is 0 Å².